The summed E-state index contributed by atoms with van der Waals surface area (Å²) >= 11 is 5.95. The molecule has 0 aliphatic heterocycles. The zero-order chi connectivity index (χ0) is 7.84. The number of rotatable bonds is 0. The summed E-state index contributed by atoms with van der Waals surface area (Å²) in [4.78, 5) is 0. The average molecular weight is 164 g/mol. The van der Waals surface area contributed by atoms with E-state index in [1.165, 1.54) is 11.1 Å². The Morgan fingerprint density at radius 2 is 2.00 bits per heavy atom. The molecule has 0 bridgehead atoms. The molecule has 55 valence electrons. The van der Waals surface area contributed by atoms with Crippen LogP contribution in [0.4, 0.5) is 0 Å². The molecule has 1 heteroatoms. The molecule has 0 N–H and O–H groups in total. The molecule has 1 aliphatic carbocycles. The fraction of sp³-hybridized carbons (Fsp3) is 0.100. The lowest BCUT2D eigenvalue weighted by Crippen LogP contribution is -1.79. The predicted molar refractivity (Wildman–Crippen MR) is 48.3 cm³/mol. The van der Waals surface area contributed by atoms with Crippen molar-refractivity contribution in [1.82, 2.24) is 0 Å². The van der Waals surface area contributed by atoms with Gasteiger partial charge in [-0.25, -0.2) is 0 Å². The summed E-state index contributed by atoms with van der Waals surface area (Å²) in [6.45, 7) is 3.91. The van der Waals surface area contributed by atoms with Crippen LogP contribution < -0.4 is 0 Å². The smallest absolute Gasteiger partial charge is 0.0263 e. The van der Waals surface area contributed by atoms with Gasteiger partial charge < -0.3 is 0 Å². The van der Waals surface area contributed by atoms with E-state index >= 15 is 0 Å². The molecule has 0 aromatic heterocycles. The number of hydrogen-bond acceptors (Lipinski definition) is 0. The van der Waals surface area contributed by atoms with Crippen LogP contribution in [0.1, 0.15) is 11.1 Å². The van der Waals surface area contributed by atoms with Crippen molar-refractivity contribution < 1.29 is 0 Å². The topological polar surface area (TPSA) is 0 Å². The highest BCUT2D eigenvalue weighted by Gasteiger charge is 2.15. The van der Waals surface area contributed by atoms with Crippen molar-refractivity contribution in [2.75, 3.05) is 0 Å². The molecule has 1 aromatic rings. The van der Waals surface area contributed by atoms with Crippen LogP contribution in [0.15, 0.2) is 29.3 Å². The minimum Gasteiger partial charge on any atom is -0.0885 e. The molecule has 1 radical (unpaired) electrons. The number of hydrogen-bond donors (Lipinski definition) is 0. The third-order valence-electron chi connectivity index (χ3n) is 2.02. The predicted octanol–water partition coefficient (Wildman–Crippen LogP) is 3.03. The average Bonchev–Trinajstić information content (AvgIpc) is 2.30. The van der Waals surface area contributed by atoms with Gasteiger partial charge in [0.1, 0.15) is 0 Å². The Hall–Kier alpha value is -0.750. The maximum absolute atomic E-state index is 5.95. The summed E-state index contributed by atoms with van der Waals surface area (Å²) in [5.41, 5.74) is 3.49. The SMILES string of the molecule is [CH2]C1=C(Cl)Cc2ccccc21. The van der Waals surface area contributed by atoms with Gasteiger partial charge in [-0.1, -0.05) is 35.9 Å². The van der Waals surface area contributed by atoms with Crippen LogP contribution in [0.25, 0.3) is 5.57 Å². The van der Waals surface area contributed by atoms with Crippen LogP contribution in [0.5, 0.6) is 0 Å². The van der Waals surface area contributed by atoms with Gasteiger partial charge in [-0.3, -0.25) is 0 Å². The van der Waals surface area contributed by atoms with E-state index in [9.17, 15) is 0 Å². The minimum absolute atomic E-state index is 0.858. The lowest BCUT2D eigenvalue weighted by molar-refractivity contribution is 1.29. The number of halogens is 1. The van der Waals surface area contributed by atoms with Crippen molar-refractivity contribution in [3.05, 3.63) is 47.3 Å². The van der Waals surface area contributed by atoms with Gasteiger partial charge in [0.15, 0.2) is 0 Å². The van der Waals surface area contributed by atoms with E-state index in [1.807, 2.05) is 12.1 Å². The van der Waals surface area contributed by atoms with Crippen molar-refractivity contribution in [2.24, 2.45) is 0 Å². The molecule has 0 saturated carbocycles. The van der Waals surface area contributed by atoms with Gasteiger partial charge in [0.05, 0.1) is 0 Å². The first-order chi connectivity index (χ1) is 5.29. The Morgan fingerprint density at radius 3 is 2.73 bits per heavy atom. The third kappa shape index (κ3) is 0.982. The highest BCUT2D eigenvalue weighted by Crippen LogP contribution is 2.33. The number of allylic oxidation sites excluding steroid dienone is 2. The van der Waals surface area contributed by atoms with Gasteiger partial charge >= 0.3 is 0 Å². The van der Waals surface area contributed by atoms with Gasteiger partial charge in [-0.15, -0.1) is 0 Å². The quantitative estimate of drug-likeness (QED) is 0.552. The molecule has 0 amide bonds. The van der Waals surface area contributed by atoms with Gasteiger partial charge in [-0.2, -0.15) is 0 Å². The van der Waals surface area contributed by atoms with Crippen LogP contribution in [0.3, 0.4) is 0 Å². The first kappa shape index (κ1) is 6.93. The Morgan fingerprint density at radius 1 is 1.27 bits per heavy atom. The summed E-state index contributed by atoms with van der Waals surface area (Å²) in [6.07, 6.45) is 0.858. The number of fused-ring (bicyclic) bond motifs is 1. The summed E-state index contributed by atoms with van der Waals surface area (Å²) < 4.78 is 0. The van der Waals surface area contributed by atoms with Crippen molar-refractivity contribution in [3.63, 3.8) is 0 Å². The van der Waals surface area contributed by atoms with E-state index in [-0.39, 0.29) is 0 Å². The standard InChI is InChI=1S/C10H8Cl/c1-7-9-5-3-2-4-8(9)6-10(7)11/h2-5H,1,6H2. The molecule has 0 unspecified atom stereocenters. The second-order valence-electron chi connectivity index (χ2n) is 2.72. The second kappa shape index (κ2) is 2.38. The van der Waals surface area contributed by atoms with Crippen molar-refractivity contribution >= 4 is 17.2 Å². The van der Waals surface area contributed by atoms with Crippen molar-refractivity contribution in [3.8, 4) is 0 Å². The maximum Gasteiger partial charge on any atom is 0.0263 e. The van der Waals surface area contributed by atoms with E-state index in [4.69, 9.17) is 11.6 Å². The Balaban J connectivity index is 2.60. The van der Waals surface area contributed by atoms with Crippen LogP contribution in [0, 0.1) is 6.92 Å². The van der Waals surface area contributed by atoms with Gasteiger partial charge in [0, 0.05) is 11.5 Å². The van der Waals surface area contributed by atoms with E-state index in [1.54, 1.807) is 0 Å². The first-order valence-electron chi connectivity index (χ1n) is 3.58. The largest absolute Gasteiger partial charge is 0.0885 e. The van der Waals surface area contributed by atoms with Crippen LogP contribution in [0.2, 0.25) is 0 Å². The molecule has 0 saturated heterocycles. The number of benzene rings is 1. The highest BCUT2D eigenvalue weighted by atomic mass is 35.5. The molecule has 0 fully saturated rings. The van der Waals surface area contributed by atoms with E-state index in [0.29, 0.717) is 0 Å². The second-order valence-corrected chi connectivity index (χ2v) is 3.17. The van der Waals surface area contributed by atoms with Gasteiger partial charge in [0.2, 0.25) is 0 Å². The summed E-state index contributed by atoms with van der Waals surface area (Å²) in [5, 5.41) is 0.881. The monoisotopic (exact) mass is 163 g/mol. The van der Waals surface area contributed by atoms with E-state index < -0.39 is 0 Å². The van der Waals surface area contributed by atoms with E-state index in [0.717, 1.165) is 17.0 Å². The normalized spacial score (nSPS) is 15.5. The van der Waals surface area contributed by atoms with Crippen LogP contribution >= 0.6 is 11.6 Å². The fourth-order valence-corrected chi connectivity index (χ4v) is 1.63. The molecule has 11 heavy (non-hydrogen) atoms. The summed E-state index contributed by atoms with van der Waals surface area (Å²) in [6, 6.07) is 8.20. The summed E-state index contributed by atoms with van der Waals surface area (Å²) in [7, 11) is 0. The lowest BCUT2D eigenvalue weighted by Gasteiger charge is -1.97. The van der Waals surface area contributed by atoms with Crippen molar-refractivity contribution in [2.45, 2.75) is 6.42 Å². The molecular formula is C10H8Cl. The molecule has 2 rings (SSSR count). The lowest BCUT2D eigenvalue weighted by atomic mass is 10.1. The molecule has 0 atom stereocenters. The van der Waals surface area contributed by atoms with Crippen LogP contribution in [-0.4, -0.2) is 0 Å². The Labute approximate surface area is 71.5 Å². The molecule has 0 nitrogen and oxygen atoms in total. The third-order valence-corrected chi connectivity index (χ3v) is 2.38. The first-order valence-corrected chi connectivity index (χ1v) is 3.95. The van der Waals surface area contributed by atoms with Gasteiger partial charge in [-0.05, 0) is 23.6 Å². The zero-order valence-electron chi connectivity index (χ0n) is 6.10. The maximum atomic E-state index is 5.95. The van der Waals surface area contributed by atoms with Crippen LogP contribution in [-0.2, 0) is 6.42 Å². The minimum atomic E-state index is 0.858. The Kier molecular flexibility index (Phi) is 1.50. The van der Waals surface area contributed by atoms with E-state index in [2.05, 4.69) is 19.1 Å². The molecule has 0 spiro atoms. The molecular weight excluding hydrogens is 156 g/mol. The molecule has 0 heterocycles. The fourth-order valence-electron chi connectivity index (χ4n) is 1.39. The van der Waals surface area contributed by atoms with Gasteiger partial charge in [0.25, 0.3) is 0 Å². The highest BCUT2D eigenvalue weighted by molar-refractivity contribution is 6.33. The zero-order valence-corrected chi connectivity index (χ0v) is 6.86. The molecule has 1 aromatic carbocycles. The Bertz CT molecular complexity index is 323. The summed E-state index contributed by atoms with van der Waals surface area (Å²) in [5.74, 6) is 0. The molecule has 1 aliphatic rings. The van der Waals surface area contributed by atoms with Crippen molar-refractivity contribution in [1.29, 1.82) is 0 Å².